The zero-order chi connectivity index (χ0) is 12.3. The molecule has 0 aliphatic heterocycles. The molecule has 0 bridgehead atoms. The molecule has 0 aliphatic carbocycles. The van der Waals surface area contributed by atoms with Crippen molar-refractivity contribution in [3.05, 3.63) is 40.3 Å². The number of aryl methyl sites for hydroxylation is 1. The maximum atomic E-state index is 13.0. The highest BCUT2D eigenvalue weighted by Crippen LogP contribution is 2.26. The Kier molecular flexibility index (Phi) is 3.73. The van der Waals surface area contributed by atoms with Crippen molar-refractivity contribution >= 4 is 15.9 Å². The van der Waals surface area contributed by atoms with Crippen molar-refractivity contribution in [1.82, 2.24) is 10.2 Å². The summed E-state index contributed by atoms with van der Waals surface area (Å²) < 4.78 is 24.3. The second kappa shape index (κ2) is 5.27. The van der Waals surface area contributed by atoms with Crippen molar-refractivity contribution in [3.63, 3.8) is 0 Å². The largest absolute Gasteiger partial charge is 0.483 e. The van der Waals surface area contributed by atoms with Gasteiger partial charge in [-0.1, -0.05) is 6.92 Å². The van der Waals surface area contributed by atoms with Crippen LogP contribution in [-0.2, 0) is 13.0 Å². The molecule has 0 saturated heterocycles. The maximum Gasteiger partial charge on any atom is 0.253 e. The number of halogens is 2. The molecule has 0 amide bonds. The number of hydrogen-bond donors (Lipinski definition) is 0. The van der Waals surface area contributed by atoms with E-state index in [9.17, 15) is 4.39 Å². The van der Waals surface area contributed by atoms with E-state index in [-0.39, 0.29) is 12.4 Å². The molecule has 0 aliphatic rings. The lowest BCUT2D eigenvalue weighted by molar-refractivity contribution is 0.257. The van der Waals surface area contributed by atoms with Crippen LogP contribution in [0.4, 0.5) is 4.39 Å². The predicted octanol–water partition coefficient (Wildman–Crippen LogP) is 3.11. The highest BCUT2D eigenvalue weighted by Gasteiger charge is 2.07. The summed E-state index contributed by atoms with van der Waals surface area (Å²) in [5.74, 6) is 0.976. The molecule has 6 heteroatoms. The Morgan fingerprint density at radius 3 is 2.82 bits per heavy atom. The first-order valence-electron chi connectivity index (χ1n) is 5.08. The monoisotopic (exact) mass is 300 g/mol. The summed E-state index contributed by atoms with van der Waals surface area (Å²) >= 11 is 3.26. The van der Waals surface area contributed by atoms with Gasteiger partial charge in [0, 0.05) is 12.5 Å². The molecule has 4 nitrogen and oxygen atoms in total. The number of rotatable bonds is 4. The molecule has 0 saturated carbocycles. The summed E-state index contributed by atoms with van der Waals surface area (Å²) in [6.45, 7) is 2.04. The van der Waals surface area contributed by atoms with Crippen molar-refractivity contribution < 1.29 is 13.5 Å². The summed E-state index contributed by atoms with van der Waals surface area (Å²) in [7, 11) is 0. The maximum absolute atomic E-state index is 13.0. The molecule has 1 aromatic carbocycles. The fourth-order valence-corrected chi connectivity index (χ4v) is 1.58. The topological polar surface area (TPSA) is 48.2 Å². The normalized spacial score (nSPS) is 10.5. The first kappa shape index (κ1) is 12.0. The number of nitrogens with zero attached hydrogens (tertiary/aromatic N) is 2. The molecule has 0 fully saturated rings. The van der Waals surface area contributed by atoms with E-state index in [1.807, 2.05) is 6.92 Å². The molecule has 0 unspecified atom stereocenters. The highest BCUT2D eigenvalue weighted by molar-refractivity contribution is 9.10. The summed E-state index contributed by atoms with van der Waals surface area (Å²) in [5.41, 5.74) is 0. The molecule has 1 aromatic heterocycles. The predicted molar refractivity (Wildman–Crippen MR) is 62.1 cm³/mol. The van der Waals surface area contributed by atoms with Crippen molar-refractivity contribution in [2.75, 3.05) is 0 Å². The van der Waals surface area contributed by atoms with E-state index in [0.717, 1.165) is 0 Å². The zero-order valence-electron chi connectivity index (χ0n) is 9.11. The van der Waals surface area contributed by atoms with Gasteiger partial charge < -0.3 is 9.15 Å². The quantitative estimate of drug-likeness (QED) is 0.870. The van der Waals surface area contributed by atoms with E-state index in [1.54, 1.807) is 6.07 Å². The average Bonchev–Trinajstić information content (AvgIpc) is 2.78. The van der Waals surface area contributed by atoms with Crippen LogP contribution >= 0.6 is 15.9 Å². The summed E-state index contributed by atoms with van der Waals surface area (Å²) in [4.78, 5) is 0. The highest BCUT2D eigenvalue weighted by atomic mass is 79.9. The fourth-order valence-electron chi connectivity index (χ4n) is 1.22. The van der Waals surface area contributed by atoms with Gasteiger partial charge in [-0.3, -0.25) is 0 Å². The van der Waals surface area contributed by atoms with Gasteiger partial charge in [-0.2, -0.15) is 0 Å². The van der Waals surface area contributed by atoms with Gasteiger partial charge in [-0.05, 0) is 28.1 Å². The van der Waals surface area contributed by atoms with E-state index in [1.165, 1.54) is 12.1 Å². The number of ether oxygens (including phenoxy) is 1. The van der Waals surface area contributed by atoms with Crippen LogP contribution in [0.25, 0.3) is 0 Å². The molecular formula is C11H10BrFN2O2. The Balaban J connectivity index is 2.04. The molecule has 1 heterocycles. The van der Waals surface area contributed by atoms with Gasteiger partial charge in [-0.25, -0.2) is 4.39 Å². The number of aromatic nitrogens is 2. The number of benzene rings is 1. The summed E-state index contributed by atoms with van der Waals surface area (Å²) in [6, 6.07) is 4.22. The van der Waals surface area contributed by atoms with Crippen molar-refractivity contribution in [1.29, 1.82) is 0 Å². The third-order valence-electron chi connectivity index (χ3n) is 2.06. The second-order valence-electron chi connectivity index (χ2n) is 3.31. The van der Waals surface area contributed by atoms with Gasteiger partial charge in [0.1, 0.15) is 11.6 Å². The fraction of sp³-hybridized carbons (Fsp3) is 0.273. The first-order chi connectivity index (χ1) is 8.19. The Labute approximate surface area is 106 Å². The van der Waals surface area contributed by atoms with Gasteiger partial charge in [0.15, 0.2) is 6.61 Å². The van der Waals surface area contributed by atoms with Crippen LogP contribution in [0.5, 0.6) is 5.75 Å². The Morgan fingerprint density at radius 2 is 2.12 bits per heavy atom. The molecule has 2 rings (SSSR count). The first-order valence-corrected chi connectivity index (χ1v) is 5.87. The van der Waals surface area contributed by atoms with E-state index >= 15 is 0 Å². The van der Waals surface area contributed by atoms with E-state index < -0.39 is 0 Å². The summed E-state index contributed by atoms with van der Waals surface area (Å²) in [6.07, 6.45) is 0.677. The summed E-state index contributed by atoms with van der Waals surface area (Å²) in [5, 5.41) is 7.61. The van der Waals surface area contributed by atoms with E-state index in [0.29, 0.717) is 28.4 Å². The van der Waals surface area contributed by atoms with Gasteiger partial charge in [0.05, 0.1) is 4.47 Å². The van der Waals surface area contributed by atoms with Crippen molar-refractivity contribution in [2.45, 2.75) is 20.0 Å². The third kappa shape index (κ3) is 3.03. The smallest absolute Gasteiger partial charge is 0.253 e. The van der Waals surface area contributed by atoms with Crippen molar-refractivity contribution in [3.8, 4) is 5.75 Å². The molecule has 2 aromatic rings. The van der Waals surface area contributed by atoms with Crippen LogP contribution in [0, 0.1) is 5.82 Å². The minimum absolute atomic E-state index is 0.120. The zero-order valence-corrected chi connectivity index (χ0v) is 10.7. The lowest BCUT2D eigenvalue weighted by atomic mass is 10.3. The third-order valence-corrected chi connectivity index (χ3v) is 2.71. The van der Waals surface area contributed by atoms with Gasteiger partial charge >= 0.3 is 0 Å². The van der Waals surface area contributed by atoms with Crippen LogP contribution in [-0.4, -0.2) is 10.2 Å². The average molecular weight is 301 g/mol. The van der Waals surface area contributed by atoms with Crippen LogP contribution in [0.2, 0.25) is 0 Å². The molecule has 17 heavy (non-hydrogen) atoms. The van der Waals surface area contributed by atoms with Crippen LogP contribution in [0.15, 0.2) is 27.1 Å². The van der Waals surface area contributed by atoms with Gasteiger partial charge in [0.25, 0.3) is 5.89 Å². The van der Waals surface area contributed by atoms with Crippen LogP contribution in [0.3, 0.4) is 0 Å². The molecular weight excluding hydrogens is 291 g/mol. The Bertz CT molecular complexity index is 516. The standard InChI is InChI=1S/C11H10BrFN2O2/c1-2-10-14-15-11(17-10)6-16-9-5-7(13)3-4-8(9)12/h3-5H,2,6H2,1H3. The SMILES string of the molecule is CCc1nnc(COc2cc(F)ccc2Br)o1. The van der Waals surface area contributed by atoms with E-state index in [2.05, 4.69) is 26.1 Å². The molecule has 0 radical (unpaired) electrons. The lowest BCUT2D eigenvalue weighted by Crippen LogP contribution is -1.96. The van der Waals surface area contributed by atoms with Crippen LogP contribution < -0.4 is 4.74 Å². The molecule has 0 N–H and O–H groups in total. The minimum Gasteiger partial charge on any atom is -0.483 e. The second-order valence-corrected chi connectivity index (χ2v) is 4.16. The van der Waals surface area contributed by atoms with Crippen LogP contribution in [0.1, 0.15) is 18.7 Å². The number of hydrogen-bond acceptors (Lipinski definition) is 4. The molecule has 0 atom stereocenters. The van der Waals surface area contributed by atoms with Gasteiger partial charge in [-0.15, -0.1) is 10.2 Å². The lowest BCUT2D eigenvalue weighted by Gasteiger charge is -2.05. The van der Waals surface area contributed by atoms with Gasteiger partial charge in [0.2, 0.25) is 5.89 Å². The molecule has 90 valence electrons. The van der Waals surface area contributed by atoms with E-state index in [4.69, 9.17) is 9.15 Å². The minimum atomic E-state index is -0.358. The Morgan fingerprint density at radius 1 is 1.35 bits per heavy atom. The van der Waals surface area contributed by atoms with Crippen molar-refractivity contribution in [2.24, 2.45) is 0 Å². The Hall–Kier alpha value is -1.43. The molecule has 0 spiro atoms.